The van der Waals surface area contributed by atoms with Crippen LogP contribution < -0.4 is 0 Å². The summed E-state index contributed by atoms with van der Waals surface area (Å²) in [6.45, 7) is 2.40. The molecule has 2 nitrogen and oxygen atoms in total. The van der Waals surface area contributed by atoms with Gasteiger partial charge in [0.2, 0.25) is 5.91 Å². The first-order valence-corrected chi connectivity index (χ1v) is 8.16. The molecule has 1 fully saturated rings. The molecule has 0 aliphatic carbocycles. The molecule has 0 bridgehead atoms. The van der Waals surface area contributed by atoms with Gasteiger partial charge in [-0.05, 0) is 43.4 Å². The minimum atomic E-state index is -4.14. The van der Waals surface area contributed by atoms with Gasteiger partial charge in [0.1, 0.15) is 0 Å². The van der Waals surface area contributed by atoms with Gasteiger partial charge in [0.25, 0.3) is 0 Å². The molecule has 0 atom stereocenters. The van der Waals surface area contributed by atoms with Gasteiger partial charge in [0.15, 0.2) is 0 Å². The molecule has 0 saturated carbocycles. The van der Waals surface area contributed by atoms with Crippen LogP contribution in [0.1, 0.15) is 30.4 Å². The van der Waals surface area contributed by atoms with E-state index in [2.05, 4.69) is 15.9 Å². The van der Waals surface area contributed by atoms with Crippen LogP contribution in [-0.4, -0.2) is 30.1 Å². The van der Waals surface area contributed by atoms with Gasteiger partial charge < -0.3 is 4.90 Å². The SMILES string of the molecule is Cc1ccc(CCC(=O)N2CCC(C(F)(F)F)CC2)c(Br)c1. The summed E-state index contributed by atoms with van der Waals surface area (Å²) in [6.07, 6.45) is -3.17. The first kappa shape index (κ1) is 17.3. The van der Waals surface area contributed by atoms with Crippen LogP contribution in [0.25, 0.3) is 0 Å². The van der Waals surface area contributed by atoms with E-state index in [1.807, 2.05) is 25.1 Å². The molecule has 6 heteroatoms. The van der Waals surface area contributed by atoms with Gasteiger partial charge in [-0.3, -0.25) is 4.79 Å². The molecule has 1 saturated heterocycles. The molecule has 1 aromatic rings. The summed E-state index contributed by atoms with van der Waals surface area (Å²) in [4.78, 5) is 13.7. The molecule has 0 N–H and O–H groups in total. The highest BCUT2D eigenvalue weighted by Crippen LogP contribution is 2.34. The fourth-order valence-corrected chi connectivity index (χ4v) is 3.40. The van der Waals surface area contributed by atoms with Gasteiger partial charge in [-0.15, -0.1) is 0 Å². The summed E-state index contributed by atoms with van der Waals surface area (Å²) < 4.78 is 38.8. The lowest BCUT2D eigenvalue weighted by molar-refractivity contribution is -0.186. The van der Waals surface area contributed by atoms with Gasteiger partial charge in [0, 0.05) is 24.0 Å². The number of likely N-dealkylation sites (tertiary alicyclic amines) is 1. The largest absolute Gasteiger partial charge is 0.391 e. The monoisotopic (exact) mass is 377 g/mol. The van der Waals surface area contributed by atoms with Crippen molar-refractivity contribution >= 4 is 21.8 Å². The molecule has 1 aliphatic rings. The lowest BCUT2D eigenvalue weighted by atomic mass is 9.96. The van der Waals surface area contributed by atoms with Gasteiger partial charge in [-0.25, -0.2) is 0 Å². The van der Waals surface area contributed by atoms with Crippen molar-refractivity contribution in [3.05, 3.63) is 33.8 Å². The molecule has 1 aliphatic heterocycles. The molecule has 0 spiro atoms. The lowest BCUT2D eigenvalue weighted by Crippen LogP contribution is -2.42. The minimum absolute atomic E-state index is 0.0173. The number of rotatable bonds is 3. The van der Waals surface area contributed by atoms with Crippen molar-refractivity contribution in [1.29, 1.82) is 0 Å². The zero-order valence-electron chi connectivity index (χ0n) is 12.4. The average Bonchev–Trinajstić information content (AvgIpc) is 2.45. The number of carbonyl (C=O) groups is 1. The van der Waals surface area contributed by atoms with Gasteiger partial charge in [-0.2, -0.15) is 13.2 Å². The minimum Gasteiger partial charge on any atom is -0.343 e. The summed E-state index contributed by atoms with van der Waals surface area (Å²) in [7, 11) is 0. The number of hydrogen-bond donors (Lipinski definition) is 0. The maximum Gasteiger partial charge on any atom is 0.391 e. The Kier molecular flexibility index (Phi) is 5.53. The van der Waals surface area contributed by atoms with E-state index in [0.717, 1.165) is 15.6 Å². The number of nitrogens with zero attached hydrogens (tertiary/aromatic N) is 1. The number of aryl methyl sites for hydroxylation is 2. The third-order valence-electron chi connectivity index (χ3n) is 4.13. The highest BCUT2D eigenvalue weighted by Gasteiger charge is 2.41. The van der Waals surface area contributed by atoms with Gasteiger partial charge in [-0.1, -0.05) is 28.1 Å². The number of halogens is 4. The van der Waals surface area contributed by atoms with Gasteiger partial charge >= 0.3 is 6.18 Å². The van der Waals surface area contributed by atoms with Crippen LogP contribution in [0.15, 0.2) is 22.7 Å². The Bertz CT molecular complexity index is 537. The molecular formula is C16H19BrF3NO. The second kappa shape index (κ2) is 7.02. The van der Waals surface area contributed by atoms with Crippen molar-refractivity contribution in [2.45, 2.75) is 38.8 Å². The van der Waals surface area contributed by atoms with E-state index < -0.39 is 12.1 Å². The van der Waals surface area contributed by atoms with E-state index in [1.165, 1.54) is 0 Å². The molecule has 1 amide bonds. The van der Waals surface area contributed by atoms with Gasteiger partial charge in [0.05, 0.1) is 5.92 Å². The van der Waals surface area contributed by atoms with Crippen LogP contribution in [-0.2, 0) is 11.2 Å². The Morgan fingerprint density at radius 1 is 1.32 bits per heavy atom. The van der Waals surface area contributed by atoms with Crippen LogP contribution >= 0.6 is 15.9 Å². The van der Waals surface area contributed by atoms with Crippen LogP contribution in [0.2, 0.25) is 0 Å². The van der Waals surface area contributed by atoms with Crippen LogP contribution in [0, 0.1) is 12.8 Å². The quantitative estimate of drug-likeness (QED) is 0.759. The van der Waals surface area contributed by atoms with Crippen molar-refractivity contribution in [3.63, 3.8) is 0 Å². The van der Waals surface area contributed by atoms with Crippen molar-refractivity contribution in [1.82, 2.24) is 4.90 Å². The summed E-state index contributed by atoms with van der Waals surface area (Å²) in [6, 6.07) is 5.95. The Balaban J connectivity index is 1.84. The average molecular weight is 378 g/mol. The first-order valence-electron chi connectivity index (χ1n) is 7.37. The molecule has 22 heavy (non-hydrogen) atoms. The maximum absolute atomic E-state index is 12.6. The summed E-state index contributed by atoms with van der Waals surface area (Å²) in [5, 5.41) is 0. The van der Waals surface area contributed by atoms with E-state index in [9.17, 15) is 18.0 Å². The Labute approximate surface area is 136 Å². The number of alkyl halides is 3. The second-order valence-electron chi connectivity index (χ2n) is 5.79. The Morgan fingerprint density at radius 2 is 1.95 bits per heavy atom. The topological polar surface area (TPSA) is 20.3 Å². The lowest BCUT2D eigenvalue weighted by Gasteiger charge is -2.33. The molecule has 1 aromatic carbocycles. The smallest absolute Gasteiger partial charge is 0.343 e. The van der Waals surface area contributed by atoms with Crippen molar-refractivity contribution < 1.29 is 18.0 Å². The van der Waals surface area contributed by atoms with E-state index in [0.29, 0.717) is 12.8 Å². The standard InChI is InChI=1S/C16H19BrF3NO/c1-11-2-3-12(14(17)10-11)4-5-15(22)21-8-6-13(7-9-21)16(18,19)20/h2-3,10,13H,4-9H2,1H3. The van der Waals surface area contributed by atoms with E-state index in [-0.39, 0.29) is 31.8 Å². The number of benzene rings is 1. The Morgan fingerprint density at radius 3 is 2.50 bits per heavy atom. The normalized spacial score (nSPS) is 16.9. The van der Waals surface area contributed by atoms with Crippen LogP contribution in [0.3, 0.4) is 0 Å². The van der Waals surface area contributed by atoms with E-state index in [4.69, 9.17) is 0 Å². The third kappa shape index (κ3) is 4.48. The zero-order valence-corrected chi connectivity index (χ0v) is 14.0. The van der Waals surface area contributed by atoms with Crippen molar-refractivity contribution in [2.75, 3.05) is 13.1 Å². The number of carbonyl (C=O) groups excluding carboxylic acids is 1. The molecule has 0 aromatic heterocycles. The third-order valence-corrected chi connectivity index (χ3v) is 4.87. The molecule has 0 radical (unpaired) electrons. The molecule has 122 valence electrons. The molecule has 0 unspecified atom stereocenters. The highest BCUT2D eigenvalue weighted by molar-refractivity contribution is 9.10. The predicted octanol–water partition coefficient (Wildman–Crippen LogP) is 4.49. The molecular weight excluding hydrogens is 359 g/mol. The van der Waals surface area contributed by atoms with Crippen LogP contribution in [0.5, 0.6) is 0 Å². The summed E-state index contributed by atoms with van der Waals surface area (Å²) >= 11 is 3.47. The van der Waals surface area contributed by atoms with E-state index in [1.54, 1.807) is 4.90 Å². The van der Waals surface area contributed by atoms with Crippen molar-refractivity contribution in [2.24, 2.45) is 5.92 Å². The predicted molar refractivity (Wildman–Crippen MR) is 82.6 cm³/mol. The first-order chi connectivity index (χ1) is 10.3. The van der Waals surface area contributed by atoms with Crippen molar-refractivity contribution in [3.8, 4) is 0 Å². The zero-order chi connectivity index (χ0) is 16.3. The number of piperidine rings is 1. The fraction of sp³-hybridized carbons (Fsp3) is 0.562. The molecule has 1 heterocycles. The second-order valence-corrected chi connectivity index (χ2v) is 6.65. The number of hydrogen-bond acceptors (Lipinski definition) is 1. The maximum atomic E-state index is 12.6. The summed E-state index contributed by atoms with van der Waals surface area (Å²) in [5.41, 5.74) is 2.18. The number of amides is 1. The Hall–Kier alpha value is -1.04. The summed E-state index contributed by atoms with van der Waals surface area (Å²) in [5.74, 6) is -1.32. The fourth-order valence-electron chi connectivity index (χ4n) is 2.71. The van der Waals surface area contributed by atoms with Crippen LogP contribution in [0.4, 0.5) is 13.2 Å². The molecule has 2 rings (SSSR count). The highest BCUT2D eigenvalue weighted by atomic mass is 79.9. The van der Waals surface area contributed by atoms with E-state index >= 15 is 0 Å².